The number of nitrogens with one attached hydrogen (secondary N) is 1. The molecule has 100 valence electrons. The minimum Gasteiger partial charge on any atom is -0.436 e. The van der Waals surface area contributed by atoms with Gasteiger partial charge in [0.05, 0.1) is 10.7 Å². The maximum Gasteiger partial charge on any atom is 0.243 e. The van der Waals surface area contributed by atoms with Crippen LogP contribution in [0.15, 0.2) is 33.3 Å². The summed E-state index contributed by atoms with van der Waals surface area (Å²) in [7, 11) is 0. The molecule has 0 atom stereocenters. The van der Waals surface area contributed by atoms with Crippen LogP contribution in [0.3, 0.4) is 0 Å². The fourth-order valence-corrected chi connectivity index (χ4v) is 2.59. The molecule has 0 spiro atoms. The summed E-state index contributed by atoms with van der Waals surface area (Å²) in [6.07, 6.45) is 1.51. The molecule has 0 unspecified atom stereocenters. The van der Waals surface area contributed by atoms with Crippen molar-refractivity contribution in [3.05, 3.63) is 38.4 Å². The van der Waals surface area contributed by atoms with Gasteiger partial charge in [-0.15, -0.1) is 0 Å². The molecule has 19 heavy (non-hydrogen) atoms. The molecule has 0 aliphatic carbocycles. The molecule has 0 fully saturated rings. The van der Waals surface area contributed by atoms with E-state index in [0.29, 0.717) is 22.6 Å². The molecule has 1 heterocycles. The summed E-state index contributed by atoms with van der Waals surface area (Å²) in [6.45, 7) is 2.69. The number of anilines is 1. The SMILES string of the molecule is CCNc1ncc(Cl)c(Oc2ccc(Br)cc2Br)n1. The minimum absolute atomic E-state index is 0.315. The fourth-order valence-electron chi connectivity index (χ4n) is 1.33. The molecule has 0 aliphatic heterocycles. The topological polar surface area (TPSA) is 47.0 Å². The van der Waals surface area contributed by atoms with Gasteiger partial charge >= 0.3 is 0 Å². The highest BCUT2D eigenvalue weighted by Crippen LogP contribution is 2.34. The Hall–Kier alpha value is -0.850. The molecule has 2 aromatic rings. The van der Waals surface area contributed by atoms with E-state index in [-0.39, 0.29) is 0 Å². The van der Waals surface area contributed by atoms with Crippen LogP contribution in [0.2, 0.25) is 5.02 Å². The third-order valence-corrected chi connectivity index (χ3v) is 3.52. The summed E-state index contributed by atoms with van der Waals surface area (Å²) in [5.41, 5.74) is 0. The maximum atomic E-state index is 6.03. The van der Waals surface area contributed by atoms with Gasteiger partial charge in [0.15, 0.2) is 0 Å². The Morgan fingerprint density at radius 2 is 2.16 bits per heavy atom. The number of nitrogens with zero attached hydrogens (tertiary/aromatic N) is 2. The highest BCUT2D eigenvalue weighted by Gasteiger charge is 2.10. The van der Waals surface area contributed by atoms with E-state index in [9.17, 15) is 0 Å². The molecule has 0 amide bonds. The number of ether oxygens (including phenoxy) is 1. The molecule has 7 heteroatoms. The molecule has 0 bridgehead atoms. The van der Waals surface area contributed by atoms with Gasteiger partial charge < -0.3 is 10.1 Å². The van der Waals surface area contributed by atoms with Gasteiger partial charge in [-0.05, 0) is 41.1 Å². The second-order valence-corrected chi connectivity index (χ2v) is 5.73. The van der Waals surface area contributed by atoms with Crippen LogP contribution in [0.5, 0.6) is 11.6 Å². The molecule has 0 aliphatic rings. The van der Waals surface area contributed by atoms with Crippen molar-refractivity contribution >= 4 is 49.4 Å². The van der Waals surface area contributed by atoms with Crippen LogP contribution >= 0.6 is 43.5 Å². The van der Waals surface area contributed by atoms with E-state index in [4.69, 9.17) is 16.3 Å². The Morgan fingerprint density at radius 1 is 1.37 bits per heavy atom. The number of rotatable bonds is 4. The van der Waals surface area contributed by atoms with Gasteiger partial charge in [0.1, 0.15) is 10.8 Å². The van der Waals surface area contributed by atoms with Crippen LogP contribution in [0.25, 0.3) is 0 Å². The average Bonchev–Trinajstić information content (AvgIpc) is 2.37. The lowest BCUT2D eigenvalue weighted by Gasteiger charge is -2.09. The summed E-state index contributed by atoms with van der Waals surface area (Å²) < 4.78 is 7.45. The van der Waals surface area contributed by atoms with Crippen molar-refractivity contribution in [2.75, 3.05) is 11.9 Å². The second-order valence-electron chi connectivity index (χ2n) is 3.55. The number of benzene rings is 1. The Morgan fingerprint density at radius 3 is 2.84 bits per heavy atom. The van der Waals surface area contributed by atoms with Gasteiger partial charge in [0.25, 0.3) is 0 Å². The zero-order chi connectivity index (χ0) is 13.8. The van der Waals surface area contributed by atoms with Crippen LogP contribution in [-0.2, 0) is 0 Å². The number of hydrogen-bond acceptors (Lipinski definition) is 4. The molecular formula is C12H10Br2ClN3O. The van der Waals surface area contributed by atoms with Gasteiger partial charge in [-0.2, -0.15) is 4.98 Å². The predicted octanol–water partition coefficient (Wildman–Crippen LogP) is 4.88. The van der Waals surface area contributed by atoms with Crippen molar-refractivity contribution < 1.29 is 4.74 Å². The molecule has 1 aromatic heterocycles. The van der Waals surface area contributed by atoms with Crippen LogP contribution in [0, 0.1) is 0 Å². The van der Waals surface area contributed by atoms with Crippen molar-refractivity contribution in [2.45, 2.75) is 6.92 Å². The lowest BCUT2D eigenvalue weighted by atomic mass is 10.3. The third kappa shape index (κ3) is 3.81. The van der Waals surface area contributed by atoms with Gasteiger partial charge in [-0.1, -0.05) is 27.5 Å². The van der Waals surface area contributed by atoms with E-state index in [0.717, 1.165) is 15.5 Å². The van der Waals surface area contributed by atoms with Gasteiger partial charge in [-0.3, -0.25) is 0 Å². The first-order valence-electron chi connectivity index (χ1n) is 5.49. The monoisotopic (exact) mass is 405 g/mol. The van der Waals surface area contributed by atoms with Gasteiger partial charge in [0, 0.05) is 11.0 Å². The lowest BCUT2D eigenvalue weighted by molar-refractivity contribution is 0.459. The summed E-state index contributed by atoms with van der Waals surface area (Å²) in [6, 6.07) is 5.58. The van der Waals surface area contributed by atoms with Crippen LogP contribution in [0.1, 0.15) is 6.92 Å². The zero-order valence-electron chi connectivity index (χ0n) is 9.95. The number of hydrogen-bond donors (Lipinski definition) is 1. The van der Waals surface area contributed by atoms with Crippen molar-refractivity contribution in [1.82, 2.24) is 9.97 Å². The largest absolute Gasteiger partial charge is 0.436 e. The summed E-state index contributed by atoms with van der Waals surface area (Å²) in [4.78, 5) is 8.27. The first kappa shape index (κ1) is 14.6. The van der Waals surface area contributed by atoms with Crippen molar-refractivity contribution in [1.29, 1.82) is 0 Å². The molecule has 1 N–H and O–H groups in total. The molecule has 2 rings (SSSR count). The smallest absolute Gasteiger partial charge is 0.243 e. The fraction of sp³-hybridized carbons (Fsp3) is 0.167. The summed E-state index contributed by atoms with van der Waals surface area (Å²) in [5, 5.41) is 3.36. The summed E-state index contributed by atoms with van der Waals surface area (Å²) >= 11 is 12.8. The molecule has 0 radical (unpaired) electrons. The predicted molar refractivity (Wildman–Crippen MR) is 83.1 cm³/mol. The van der Waals surface area contributed by atoms with E-state index in [1.165, 1.54) is 6.20 Å². The molecule has 0 saturated heterocycles. The highest BCUT2D eigenvalue weighted by atomic mass is 79.9. The normalized spacial score (nSPS) is 10.3. The average molecular weight is 407 g/mol. The van der Waals surface area contributed by atoms with Crippen LogP contribution < -0.4 is 10.1 Å². The highest BCUT2D eigenvalue weighted by molar-refractivity contribution is 9.11. The second kappa shape index (κ2) is 6.54. The quantitative estimate of drug-likeness (QED) is 0.785. The first-order chi connectivity index (χ1) is 9.10. The number of halogens is 3. The Labute approximate surface area is 132 Å². The number of aromatic nitrogens is 2. The molecular weight excluding hydrogens is 397 g/mol. The Bertz CT molecular complexity index is 595. The van der Waals surface area contributed by atoms with E-state index >= 15 is 0 Å². The van der Waals surface area contributed by atoms with E-state index in [2.05, 4.69) is 47.1 Å². The van der Waals surface area contributed by atoms with E-state index < -0.39 is 0 Å². The van der Waals surface area contributed by atoms with Crippen LogP contribution in [-0.4, -0.2) is 16.5 Å². The Kier molecular flexibility index (Phi) is 5.01. The Balaban J connectivity index is 2.29. The maximum absolute atomic E-state index is 6.03. The van der Waals surface area contributed by atoms with Gasteiger partial charge in [0.2, 0.25) is 11.8 Å². The zero-order valence-corrected chi connectivity index (χ0v) is 13.9. The molecule has 4 nitrogen and oxygen atoms in total. The van der Waals surface area contributed by atoms with Crippen molar-refractivity contribution in [3.63, 3.8) is 0 Å². The van der Waals surface area contributed by atoms with E-state index in [1.807, 2.05) is 25.1 Å². The summed E-state index contributed by atoms with van der Waals surface area (Å²) in [5.74, 6) is 1.43. The third-order valence-electron chi connectivity index (χ3n) is 2.15. The van der Waals surface area contributed by atoms with E-state index in [1.54, 1.807) is 0 Å². The standard InChI is InChI=1S/C12H10Br2ClN3O/c1-2-16-12-17-6-9(15)11(18-12)19-10-4-3-7(13)5-8(10)14/h3-6H,2H2,1H3,(H,16,17,18). The molecule has 1 aromatic carbocycles. The van der Waals surface area contributed by atoms with Crippen LogP contribution in [0.4, 0.5) is 5.95 Å². The lowest BCUT2D eigenvalue weighted by Crippen LogP contribution is -2.03. The molecule has 0 saturated carbocycles. The minimum atomic E-state index is 0.315. The first-order valence-corrected chi connectivity index (χ1v) is 7.46. The van der Waals surface area contributed by atoms with Crippen molar-refractivity contribution in [3.8, 4) is 11.6 Å². The van der Waals surface area contributed by atoms with Crippen molar-refractivity contribution in [2.24, 2.45) is 0 Å². The van der Waals surface area contributed by atoms with Gasteiger partial charge in [-0.25, -0.2) is 4.98 Å².